The Morgan fingerprint density at radius 2 is 2.14 bits per heavy atom. The topological polar surface area (TPSA) is 142 Å². The van der Waals surface area contributed by atoms with Crippen LogP contribution in [0.4, 0.5) is 8.78 Å². The predicted octanol–water partition coefficient (Wildman–Crippen LogP) is 0.336. The van der Waals surface area contributed by atoms with E-state index in [0.29, 0.717) is 0 Å². The Bertz CT molecular complexity index is 641. The van der Waals surface area contributed by atoms with Gasteiger partial charge in [-0.2, -0.15) is 0 Å². The van der Waals surface area contributed by atoms with Crippen LogP contribution in [0, 0.1) is 17.8 Å². The van der Waals surface area contributed by atoms with Crippen LogP contribution in [0.3, 0.4) is 0 Å². The van der Waals surface area contributed by atoms with Gasteiger partial charge >= 0.3 is 11.9 Å². The lowest BCUT2D eigenvalue weighted by atomic mass is 9.91. The molecule has 2 saturated carbocycles. The highest BCUT2D eigenvalue weighted by molar-refractivity contribution is 7.99. The van der Waals surface area contributed by atoms with Gasteiger partial charge in [-0.05, 0) is 12.3 Å². The second kappa shape index (κ2) is 4.88. The van der Waals surface area contributed by atoms with Crippen LogP contribution >= 0.6 is 11.8 Å². The van der Waals surface area contributed by atoms with Crippen molar-refractivity contribution >= 4 is 23.7 Å². The van der Waals surface area contributed by atoms with E-state index in [1.807, 2.05) is 0 Å². The number of carbonyl (C=O) groups is 2. The van der Waals surface area contributed by atoms with Crippen molar-refractivity contribution in [1.82, 2.24) is 15.2 Å². The number of nitrogens with two attached hydrogens (primary N) is 1. The van der Waals surface area contributed by atoms with Crippen molar-refractivity contribution < 1.29 is 28.6 Å². The molecule has 0 amide bonds. The molecule has 0 bridgehead atoms. The number of carboxylic acid groups (broad SMARTS) is 2. The van der Waals surface area contributed by atoms with Crippen LogP contribution in [0.2, 0.25) is 0 Å². The Morgan fingerprint density at radius 3 is 2.64 bits per heavy atom. The minimum absolute atomic E-state index is 0.0322. The molecule has 0 spiro atoms. The zero-order valence-corrected chi connectivity index (χ0v) is 11.8. The van der Waals surface area contributed by atoms with Crippen LogP contribution in [0.1, 0.15) is 18.7 Å². The fraction of sp³-hybridized carbons (Fsp3) is 0.636. The van der Waals surface area contributed by atoms with Crippen LogP contribution in [0.25, 0.3) is 0 Å². The van der Waals surface area contributed by atoms with E-state index in [2.05, 4.69) is 15.2 Å². The summed E-state index contributed by atoms with van der Waals surface area (Å²) in [6, 6.07) is 0. The van der Waals surface area contributed by atoms with E-state index in [1.165, 1.54) is 0 Å². The highest BCUT2D eigenvalue weighted by Crippen LogP contribution is 2.65. The summed E-state index contributed by atoms with van der Waals surface area (Å²) in [5.74, 6) is -4.84. The zero-order valence-electron chi connectivity index (χ0n) is 10.9. The first-order valence-electron chi connectivity index (χ1n) is 6.38. The Kier molecular flexibility index (Phi) is 3.36. The van der Waals surface area contributed by atoms with Gasteiger partial charge in [0, 0.05) is 11.2 Å². The fourth-order valence-electron chi connectivity index (χ4n) is 3.28. The van der Waals surface area contributed by atoms with Gasteiger partial charge < -0.3 is 15.9 Å². The summed E-state index contributed by atoms with van der Waals surface area (Å²) in [5, 5.41) is 23.7. The molecule has 11 heteroatoms. The quantitative estimate of drug-likeness (QED) is 0.603. The van der Waals surface area contributed by atoms with Gasteiger partial charge in [0.1, 0.15) is 5.54 Å². The molecule has 2 fully saturated rings. The lowest BCUT2D eigenvalue weighted by Gasteiger charge is -2.23. The van der Waals surface area contributed by atoms with Gasteiger partial charge in [0.2, 0.25) is 5.16 Å². The molecule has 22 heavy (non-hydrogen) atoms. The average molecular weight is 334 g/mol. The van der Waals surface area contributed by atoms with Crippen LogP contribution < -0.4 is 5.73 Å². The molecule has 5 N–H and O–H groups in total. The molecular formula is C11H12F2N4O4S. The van der Waals surface area contributed by atoms with Crippen molar-refractivity contribution in [3.05, 3.63) is 5.82 Å². The third-order valence-electron chi connectivity index (χ3n) is 4.27. The van der Waals surface area contributed by atoms with Crippen molar-refractivity contribution in [3.8, 4) is 0 Å². The number of fused-ring (bicyclic) bond motifs is 1. The maximum Gasteiger partial charge on any atom is 0.324 e. The third kappa shape index (κ3) is 2.15. The molecule has 2 aliphatic carbocycles. The molecule has 0 aliphatic heterocycles. The highest BCUT2D eigenvalue weighted by atomic mass is 32.2. The Labute approximate surface area is 126 Å². The zero-order chi connectivity index (χ0) is 16.2. The third-order valence-corrected chi connectivity index (χ3v) is 5.44. The van der Waals surface area contributed by atoms with E-state index in [-0.39, 0.29) is 11.6 Å². The van der Waals surface area contributed by atoms with Gasteiger partial charge in [0.15, 0.2) is 5.82 Å². The number of hydrogen-bond acceptors (Lipinski definition) is 6. The number of hydrogen-bond donors (Lipinski definition) is 4. The van der Waals surface area contributed by atoms with Crippen molar-refractivity contribution in [2.45, 2.75) is 28.8 Å². The van der Waals surface area contributed by atoms with Crippen molar-refractivity contribution in [2.24, 2.45) is 23.5 Å². The maximum absolute atomic E-state index is 12.5. The molecule has 0 saturated heterocycles. The first-order valence-corrected chi connectivity index (χ1v) is 7.26. The number of halogens is 2. The Hall–Kier alpha value is -1.75. The average Bonchev–Trinajstić information content (AvgIpc) is 2.90. The molecule has 120 valence electrons. The number of carboxylic acids is 2. The monoisotopic (exact) mass is 334 g/mol. The Balaban J connectivity index is 1.79. The molecule has 0 aromatic carbocycles. The number of aliphatic carboxylic acids is 2. The summed E-state index contributed by atoms with van der Waals surface area (Å²) in [6.45, 7) is 0. The minimum atomic E-state index is -2.79. The largest absolute Gasteiger partial charge is 0.481 e. The van der Waals surface area contributed by atoms with Crippen LogP contribution in [0.5, 0.6) is 0 Å². The van der Waals surface area contributed by atoms with Gasteiger partial charge in [0.25, 0.3) is 6.43 Å². The number of H-pyrrole nitrogens is 1. The van der Waals surface area contributed by atoms with E-state index < -0.39 is 52.7 Å². The highest BCUT2D eigenvalue weighted by Gasteiger charge is 2.74. The standard InChI is InChI=1S/C11H12F2N4O4S/c12-6(13)7-15-10(17-16-7)22-2-1-11(14,9(20)21)5-3(2)4(5)8(18)19/h2-6H,1,14H2,(H,18,19)(H,20,21)(H,15,16,17)/t2-,3?,4-,5?,11-/m0/s1. The van der Waals surface area contributed by atoms with Crippen molar-refractivity contribution in [2.75, 3.05) is 0 Å². The van der Waals surface area contributed by atoms with Crippen molar-refractivity contribution in [1.29, 1.82) is 0 Å². The predicted molar refractivity (Wildman–Crippen MR) is 68.3 cm³/mol. The van der Waals surface area contributed by atoms with Gasteiger partial charge in [-0.1, -0.05) is 11.8 Å². The molecule has 1 aromatic heterocycles. The van der Waals surface area contributed by atoms with Crippen LogP contribution in [-0.4, -0.2) is 48.1 Å². The number of nitrogens with one attached hydrogen (secondary N) is 1. The van der Waals surface area contributed by atoms with Gasteiger partial charge in [0.05, 0.1) is 5.92 Å². The van der Waals surface area contributed by atoms with Gasteiger partial charge in [-0.3, -0.25) is 14.7 Å². The summed E-state index contributed by atoms with van der Waals surface area (Å²) in [4.78, 5) is 26.1. The van der Waals surface area contributed by atoms with Crippen LogP contribution in [-0.2, 0) is 9.59 Å². The molecular weight excluding hydrogens is 322 g/mol. The summed E-state index contributed by atoms with van der Waals surface area (Å²) in [7, 11) is 0. The molecule has 1 aromatic rings. The first-order chi connectivity index (χ1) is 10.3. The second-order valence-electron chi connectivity index (χ2n) is 5.48. The number of rotatable bonds is 5. The lowest BCUT2D eigenvalue weighted by molar-refractivity contribution is -0.145. The SMILES string of the molecule is N[C@@]1(C(=O)O)C[C@H](Sc2n[nH]c(C(F)F)n2)C2C1[C@H]2C(=O)O. The van der Waals surface area contributed by atoms with E-state index in [9.17, 15) is 23.5 Å². The molecule has 5 atom stereocenters. The normalized spacial score (nSPS) is 36.4. The van der Waals surface area contributed by atoms with Crippen molar-refractivity contribution in [3.63, 3.8) is 0 Å². The fourth-order valence-corrected chi connectivity index (χ4v) is 4.65. The molecule has 1 heterocycles. The second-order valence-corrected chi connectivity index (χ2v) is 6.68. The summed E-state index contributed by atoms with van der Waals surface area (Å²) < 4.78 is 24.9. The number of aromatic nitrogens is 3. The number of nitrogens with zero attached hydrogens (tertiary/aromatic N) is 2. The summed E-state index contributed by atoms with van der Waals surface area (Å²) in [5.41, 5.74) is 4.25. The smallest absolute Gasteiger partial charge is 0.324 e. The lowest BCUT2D eigenvalue weighted by Crippen LogP contribution is -2.50. The molecule has 2 unspecified atom stereocenters. The number of aromatic amines is 1. The van der Waals surface area contributed by atoms with E-state index >= 15 is 0 Å². The van der Waals surface area contributed by atoms with Gasteiger partial charge in [-0.25, -0.2) is 13.8 Å². The summed E-state index contributed by atoms with van der Waals surface area (Å²) in [6.07, 6.45) is -2.75. The van der Waals surface area contributed by atoms with Crippen LogP contribution in [0.15, 0.2) is 5.16 Å². The first kappa shape index (κ1) is 15.2. The molecule has 8 nitrogen and oxygen atoms in total. The Morgan fingerprint density at radius 1 is 1.45 bits per heavy atom. The van der Waals surface area contributed by atoms with E-state index in [4.69, 9.17) is 10.8 Å². The number of thioether (sulfide) groups is 1. The number of alkyl halides is 2. The van der Waals surface area contributed by atoms with E-state index in [0.717, 1.165) is 11.8 Å². The van der Waals surface area contributed by atoms with E-state index in [1.54, 1.807) is 0 Å². The molecule has 3 rings (SSSR count). The molecule has 2 aliphatic rings. The maximum atomic E-state index is 12.5. The van der Waals surface area contributed by atoms with Gasteiger partial charge in [-0.15, -0.1) is 5.10 Å². The summed E-state index contributed by atoms with van der Waals surface area (Å²) >= 11 is 0.987. The minimum Gasteiger partial charge on any atom is -0.481 e. The molecule has 0 radical (unpaired) electrons.